The fraction of sp³-hybridized carbons (Fsp3) is 0.750. The Morgan fingerprint density at radius 1 is 1.55 bits per heavy atom. The Morgan fingerprint density at radius 2 is 2.30 bits per heavy atom. The van der Waals surface area contributed by atoms with Crippen LogP contribution < -0.4 is 10.2 Å². The van der Waals surface area contributed by atoms with Crippen molar-refractivity contribution in [3.05, 3.63) is 0 Å². The normalized spacial score (nSPS) is 15.9. The highest BCUT2D eigenvalue weighted by atomic mass is 32.2. The molecule has 6 nitrogen and oxygen atoms in total. The highest BCUT2D eigenvalue weighted by Gasteiger charge is 2.29. The number of esters is 1. The molecule has 0 bridgehead atoms. The predicted octanol–water partition coefficient (Wildman–Crippen LogP) is 1.38. The molecule has 1 N–H and O–H groups in total. The molecule has 1 saturated carbocycles. The molecule has 0 amide bonds. The van der Waals surface area contributed by atoms with Crippen molar-refractivity contribution in [3.8, 4) is 0 Å². The fourth-order valence-electron chi connectivity index (χ4n) is 1.56. The zero-order valence-corrected chi connectivity index (χ0v) is 13.6. The molecular formula is C12H20N4O2S2. The zero-order chi connectivity index (χ0) is 14.5. The Bertz CT molecular complexity index is 448. The molecular weight excluding hydrogens is 296 g/mol. The maximum Gasteiger partial charge on any atom is 0.324 e. The van der Waals surface area contributed by atoms with Crippen molar-refractivity contribution >= 4 is 34.2 Å². The second-order valence-electron chi connectivity index (χ2n) is 4.80. The maximum absolute atomic E-state index is 11.9. The lowest BCUT2D eigenvalue weighted by Gasteiger charge is -2.15. The third-order valence-electron chi connectivity index (χ3n) is 2.74. The lowest BCUT2D eigenvalue weighted by atomic mass is 10.3. The van der Waals surface area contributed by atoms with Crippen molar-refractivity contribution in [2.75, 3.05) is 31.4 Å². The monoisotopic (exact) mass is 316 g/mol. The van der Waals surface area contributed by atoms with E-state index in [0.29, 0.717) is 18.4 Å². The molecule has 1 atom stereocenters. The molecule has 1 aliphatic rings. The third kappa shape index (κ3) is 4.60. The molecule has 0 aromatic carbocycles. The number of carbonyl (C=O) groups excluding carboxylic acids is 1. The van der Waals surface area contributed by atoms with Crippen molar-refractivity contribution in [1.29, 1.82) is 0 Å². The van der Waals surface area contributed by atoms with Crippen LogP contribution in [0.1, 0.15) is 19.8 Å². The highest BCUT2D eigenvalue weighted by Crippen LogP contribution is 2.28. The maximum atomic E-state index is 11.9. The number of rotatable bonds is 8. The molecule has 0 spiro atoms. The van der Waals surface area contributed by atoms with Gasteiger partial charge in [0, 0.05) is 25.9 Å². The number of anilines is 1. The van der Waals surface area contributed by atoms with E-state index in [0.717, 1.165) is 22.3 Å². The first-order valence-electron chi connectivity index (χ1n) is 6.66. The van der Waals surface area contributed by atoms with Crippen molar-refractivity contribution in [1.82, 2.24) is 15.5 Å². The van der Waals surface area contributed by atoms with Crippen LogP contribution in [0.15, 0.2) is 4.34 Å². The summed E-state index contributed by atoms with van der Waals surface area (Å²) in [6.45, 7) is 2.24. The van der Waals surface area contributed by atoms with Gasteiger partial charge in [-0.2, -0.15) is 0 Å². The summed E-state index contributed by atoms with van der Waals surface area (Å²) in [5.74, 6) is 0.446. The molecule has 1 aromatic rings. The van der Waals surface area contributed by atoms with Gasteiger partial charge in [0.2, 0.25) is 5.13 Å². The van der Waals surface area contributed by atoms with Crippen LogP contribution in [0.25, 0.3) is 0 Å². The van der Waals surface area contributed by atoms with E-state index in [2.05, 4.69) is 15.5 Å². The van der Waals surface area contributed by atoms with Gasteiger partial charge in [-0.15, -0.1) is 10.2 Å². The van der Waals surface area contributed by atoms with E-state index in [4.69, 9.17) is 4.74 Å². The minimum Gasteiger partial charge on any atom is -0.465 e. The summed E-state index contributed by atoms with van der Waals surface area (Å²) in [6.07, 6.45) is 2.29. The summed E-state index contributed by atoms with van der Waals surface area (Å²) in [4.78, 5) is 13.8. The van der Waals surface area contributed by atoms with Crippen molar-refractivity contribution in [2.45, 2.75) is 36.2 Å². The summed E-state index contributed by atoms with van der Waals surface area (Å²) >= 11 is 3.07. The van der Waals surface area contributed by atoms with Crippen LogP contribution in [-0.2, 0) is 9.53 Å². The van der Waals surface area contributed by atoms with Gasteiger partial charge in [-0.05, 0) is 19.8 Å². The highest BCUT2D eigenvalue weighted by molar-refractivity contribution is 8.01. The Kier molecular flexibility index (Phi) is 5.62. The minimum absolute atomic E-state index is 0.177. The van der Waals surface area contributed by atoms with E-state index in [9.17, 15) is 4.79 Å². The van der Waals surface area contributed by atoms with Crippen molar-refractivity contribution in [2.24, 2.45) is 0 Å². The average molecular weight is 316 g/mol. The molecule has 1 aromatic heterocycles. The summed E-state index contributed by atoms with van der Waals surface area (Å²) < 4.78 is 5.98. The van der Waals surface area contributed by atoms with Crippen LogP contribution in [0.2, 0.25) is 0 Å². The summed E-state index contributed by atoms with van der Waals surface area (Å²) in [5, 5.41) is 12.4. The van der Waals surface area contributed by atoms with E-state index < -0.39 is 0 Å². The van der Waals surface area contributed by atoms with Gasteiger partial charge < -0.3 is 15.0 Å². The molecule has 1 heterocycles. The van der Waals surface area contributed by atoms with Gasteiger partial charge in [0.1, 0.15) is 6.04 Å². The first-order valence-corrected chi connectivity index (χ1v) is 8.46. The predicted molar refractivity (Wildman–Crippen MR) is 81.5 cm³/mol. The molecule has 112 valence electrons. The molecule has 0 aliphatic heterocycles. The van der Waals surface area contributed by atoms with Crippen LogP contribution in [0.3, 0.4) is 0 Å². The van der Waals surface area contributed by atoms with E-state index in [1.54, 1.807) is 11.8 Å². The van der Waals surface area contributed by atoms with E-state index in [1.165, 1.54) is 11.3 Å². The molecule has 1 fully saturated rings. The number of nitrogens with zero attached hydrogens (tertiary/aromatic N) is 3. The van der Waals surface area contributed by atoms with Crippen LogP contribution in [0.4, 0.5) is 5.13 Å². The van der Waals surface area contributed by atoms with E-state index in [-0.39, 0.29) is 12.0 Å². The first kappa shape index (κ1) is 15.5. The smallest absolute Gasteiger partial charge is 0.324 e. The van der Waals surface area contributed by atoms with E-state index in [1.807, 2.05) is 25.9 Å². The minimum atomic E-state index is -0.265. The Balaban J connectivity index is 1.87. The second-order valence-corrected chi connectivity index (χ2v) is 7.02. The van der Waals surface area contributed by atoms with Gasteiger partial charge in [0.25, 0.3) is 0 Å². The standard InChI is InChI=1S/C12H20N4O2S2/c1-4-18-10(17)9(13-8-5-6-8)7-19-12-15-14-11(20-12)16(2)3/h8-9,13H,4-7H2,1-3H3. The molecule has 2 rings (SSSR count). The average Bonchev–Trinajstić information content (AvgIpc) is 3.09. The van der Waals surface area contributed by atoms with E-state index >= 15 is 0 Å². The third-order valence-corrected chi connectivity index (χ3v) is 5.05. The quantitative estimate of drug-likeness (QED) is 0.574. The summed E-state index contributed by atoms with van der Waals surface area (Å²) in [5.41, 5.74) is 0. The molecule has 1 aliphatic carbocycles. The number of hydrogen-bond acceptors (Lipinski definition) is 8. The van der Waals surface area contributed by atoms with Crippen LogP contribution in [0, 0.1) is 0 Å². The van der Waals surface area contributed by atoms with Gasteiger partial charge in [-0.3, -0.25) is 4.79 Å². The van der Waals surface area contributed by atoms with Crippen molar-refractivity contribution < 1.29 is 9.53 Å². The topological polar surface area (TPSA) is 67.3 Å². The Labute approximate surface area is 127 Å². The van der Waals surface area contributed by atoms with Gasteiger partial charge in [0.05, 0.1) is 6.61 Å². The van der Waals surface area contributed by atoms with Crippen LogP contribution in [0.5, 0.6) is 0 Å². The molecule has 0 saturated heterocycles. The SMILES string of the molecule is CCOC(=O)C(CSc1nnc(N(C)C)s1)NC1CC1. The Morgan fingerprint density at radius 3 is 2.85 bits per heavy atom. The zero-order valence-electron chi connectivity index (χ0n) is 12.0. The number of nitrogens with one attached hydrogen (secondary N) is 1. The van der Waals surface area contributed by atoms with Crippen molar-refractivity contribution in [3.63, 3.8) is 0 Å². The number of aromatic nitrogens is 2. The molecule has 0 radical (unpaired) electrons. The number of thioether (sulfide) groups is 1. The van der Waals surface area contributed by atoms with Gasteiger partial charge in [-0.1, -0.05) is 23.1 Å². The lowest BCUT2D eigenvalue weighted by molar-refractivity contribution is -0.145. The largest absolute Gasteiger partial charge is 0.465 e. The molecule has 20 heavy (non-hydrogen) atoms. The fourth-order valence-corrected chi connectivity index (χ4v) is 3.36. The molecule has 8 heteroatoms. The first-order chi connectivity index (χ1) is 9.60. The number of hydrogen-bond donors (Lipinski definition) is 1. The second kappa shape index (κ2) is 7.24. The van der Waals surface area contributed by atoms with Gasteiger partial charge >= 0.3 is 5.97 Å². The summed E-state index contributed by atoms with van der Waals surface area (Å²) in [6, 6.07) is 0.205. The lowest BCUT2D eigenvalue weighted by Crippen LogP contribution is -2.41. The number of ether oxygens (including phenoxy) is 1. The molecule has 1 unspecified atom stereocenters. The van der Waals surface area contributed by atoms with Gasteiger partial charge in [-0.25, -0.2) is 0 Å². The van der Waals surface area contributed by atoms with Crippen LogP contribution in [-0.4, -0.2) is 54.7 Å². The van der Waals surface area contributed by atoms with Crippen LogP contribution >= 0.6 is 23.1 Å². The summed E-state index contributed by atoms with van der Waals surface area (Å²) in [7, 11) is 3.87. The number of carbonyl (C=O) groups is 1. The Hall–Kier alpha value is -0.860. The van der Waals surface area contributed by atoms with Gasteiger partial charge in [0.15, 0.2) is 4.34 Å².